The van der Waals surface area contributed by atoms with Gasteiger partial charge in [-0.1, -0.05) is 12.1 Å². The molecule has 2 bridgehead atoms. The van der Waals surface area contributed by atoms with E-state index >= 15 is 0 Å². The van der Waals surface area contributed by atoms with Crippen molar-refractivity contribution >= 4 is 23.2 Å². The second kappa shape index (κ2) is 8.48. The Balaban J connectivity index is 0.000000545. The number of benzene rings is 1. The number of hydrogen-bond donors (Lipinski definition) is 1. The first-order chi connectivity index (χ1) is 10.6. The molecule has 0 heterocycles. The third-order valence-electron chi connectivity index (χ3n) is 4.66. The zero-order chi connectivity index (χ0) is 16.1. The monoisotopic (exact) mass is 414 g/mol. The number of aryl methyl sites for hydroxylation is 1. The summed E-state index contributed by atoms with van der Waals surface area (Å²) in [5, 5.41) is 19.0. The molecule has 0 aliphatic heterocycles. The Kier molecular flexibility index (Phi) is 6.94. The maximum atomic E-state index is 9.95. The molecule has 0 radical (unpaired) electrons. The minimum absolute atomic E-state index is 0.254. The number of rotatable bonds is 2. The molecule has 0 amide bonds. The molecule has 2 saturated carbocycles. The van der Waals surface area contributed by atoms with E-state index < -0.39 is 20.8 Å². The van der Waals surface area contributed by atoms with E-state index in [1.807, 2.05) is 25.1 Å². The van der Waals surface area contributed by atoms with Gasteiger partial charge in [-0.2, -0.15) is 5.26 Å². The van der Waals surface area contributed by atoms with E-state index in [0.717, 1.165) is 30.4 Å². The molecule has 3 nitrogen and oxygen atoms in total. The van der Waals surface area contributed by atoms with Crippen molar-refractivity contribution in [1.29, 1.82) is 5.26 Å². The van der Waals surface area contributed by atoms with Crippen LogP contribution in [-0.4, -0.2) is 17.4 Å². The molecule has 2 aliphatic rings. The van der Waals surface area contributed by atoms with Crippen LogP contribution < -0.4 is 0 Å². The Hall–Kier alpha value is -0.357. The van der Waals surface area contributed by atoms with Crippen LogP contribution in [0.3, 0.4) is 0 Å². The molecule has 6 heteroatoms. The van der Waals surface area contributed by atoms with Gasteiger partial charge in [0.05, 0.1) is 12.1 Å². The van der Waals surface area contributed by atoms with E-state index in [4.69, 9.17) is 22.3 Å². The van der Waals surface area contributed by atoms with Gasteiger partial charge in [0.25, 0.3) is 0 Å². The Morgan fingerprint density at radius 1 is 1.32 bits per heavy atom. The first-order valence-corrected chi connectivity index (χ1v) is 13.6. The molecule has 0 saturated heterocycles. The fourth-order valence-corrected chi connectivity index (χ4v) is 3.55. The summed E-state index contributed by atoms with van der Waals surface area (Å²) in [4.78, 5) is 4.65. The first kappa shape index (κ1) is 18.0. The summed E-state index contributed by atoms with van der Waals surface area (Å²) < 4.78 is 0. The standard InChI is InChI=1S/C16H18N2O.2ClH.Zr/c1-10-3-2-4-11(16(10)19)9-18-15-7-12-5-13(15)6-14(12)8-17;;;/h2-4,9,12-15,19H,5-7H2,1H3;2*1H;/q;;;+2/p-2. The van der Waals surface area contributed by atoms with Crippen molar-refractivity contribution in [3.05, 3.63) is 29.3 Å². The quantitative estimate of drug-likeness (QED) is 0.725. The molecular formula is C16H18Cl2N2OZr. The molecule has 0 spiro atoms. The van der Waals surface area contributed by atoms with Crippen LogP contribution in [0.1, 0.15) is 30.4 Å². The van der Waals surface area contributed by atoms with Crippen LogP contribution in [0.5, 0.6) is 5.75 Å². The number of nitrogens with zero attached hydrogens (tertiary/aromatic N) is 2. The molecule has 2 aliphatic carbocycles. The number of phenols is 1. The SMILES string of the molecule is Cc1cccc(C=NC2CC3CC2CC3C#N)c1O.[Cl][Zr][Cl]. The Bertz CT molecular complexity index is 588. The molecular weight excluding hydrogens is 398 g/mol. The van der Waals surface area contributed by atoms with Gasteiger partial charge < -0.3 is 5.11 Å². The number of phenolic OH excluding ortho intramolecular Hbond substituents is 1. The van der Waals surface area contributed by atoms with E-state index in [0.29, 0.717) is 23.6 Å². The molecule has 1 aromatic carbocycles. The van der Waals surface area contributed by atoms with Crippen molar-refractivity contribution in [3.63, 3.8) is 0 Å². The van der Waals surface area contributed by atoms with Gasteiger partial charge in [-0.3, -0.25) is 4.99 Å². The van der Waals surface area contributed by atoms with Crippen molar-refractivity contribution in [3.8, 4) is 11.8 Å². The second-order valence-electron chi connectivity index (χ2n) is 5.89. The Labute approximate surface area is 150 Å². The van der Waals surface area contributed by atoms with E-state index in [-0.39, 0.29) is 5.92 Å². The van der Waals surface area contributed by atoms with Crippen LogP contribution in [0.2, 0.25) is 0 Å². The average molecular weight is 416 g/mol. The van der Waals surface area contributed by atoms with Crippen molar-refractivity contribution in [2.45, 2.75) is 32.2 Å². The topological polar surface area (TPSA) is 56.4 Å². The molecule has 4 atom stereocenters. The predicted molar refractivity (Wildman–Crippen MR) is 85.9 cm³/mol. The Morgan fingerprint density at radius 2 is 2.05 bits per heavy atom. The molecule has 22 heavy (non-hydrogen) atoms. The van der Waals surface area contributed by atoms with Gasteiger partial charge in [-0.25, -0.2) is 0 Å². The van der Waals surface area contributed by atoms with Crippen LogP contribution in [0, 0.1) is 36.0 Å². The van der Waals surface area contributed by atoms with Crippen molar-refractivity contribution in [2.75, 3.05) is 0 Å². The zero-order valence-electron chi connectivity index (χ0n) is 12.3. The first-order valence-electron chi connectivity index (χ1n) is 7.28. The van der Waals surface area contributed by atoms with Gasteiger partial charge in [-0.15, -0.1) is 0 Å². The summed E-state index contributed by atoms with van der Waals surface area (Å²) in [7, 11) is 9.87. The number of nitriles is 1. The van der Waals surface area contributed by atoms with Gasteiger partial charge in [0.1, 0.15) is 5.75 Å². The van der Waals surface area contributed by atoms with Crippen LogP contribution >= 0.6 is 17.0 Å². The third kappa shape index (κ3) is 4.13. The summed E-state index contributed by atoms with van der Waals surface area (Å²) in [5.41, 5.74) is 1.67. The Morgan fingerprint density at radius 3 is 2.64 bits per heavy atom. The van der Waals surface area contributed by atoms with Crippen LogP contribution in [-0.2, 0) is 20.8 Å². The van der Waals surface area contributed by atoms with E-state index in [1.165, 1.54) is 0 Å². The van der Waals surface area contributed by atoms with E-state index in [1.54, 1.807) is 6.21 Å². The van der Waals surface area contributed by atoms with Gasteiger partial charge in [0, 0.05) is 17.7 Å². The summed E-state index contributed by atoms with van der Waals surface area (Å²) in [6, 6.07) is 8.47. The number of aliphatic imine (C=N–C) groups is 1. The molecule has 0 aromatic heterocycles. The predicted octanol–water partition coefficient (Wildman–Crippen LogP) is 4.43. The van der Waals surface area contributed by atoms with Crippen LogP contribution in [0.15, 0.2) is 23.2 Å². The molecule has 116 valence electrons. The minimum atomic E-state index is -0.826. The van der Waals surface area contributed by atoms with E-state index in [2.05, 4.69) is 11.1 Å². The summed E-state index contributed by atoms with van der Waals surface area (Å²) in [6.45, 7) is 1.89. The summed E-state index contributed by atoms with van der Waals surface area (Å²) in [5.74, 6) is 1.69. The normalized spacial score (nSPS) is 29.0. The summed E-state index contributed by atoms with van der Waals surface area (Å²) >= 11 is -0.826. The fourth-order valence-electron chi connectivity index (χ4n) is 3.55. The van der Waals surface area contributed by atoms with Crippen LogP contribution in [0.4, 0.5) is 0 Å². The van der Waals surface area contributed by atoms with E-state index in [9.17, 15) is 5.11 Å². The zero-order valence-corrected chi connectivity index (χ0v) is 16.3. The molecule has 1 N–H and O–H groups in total. The molecule has 1 aromatic rings. The van der Waals surface area contributed by atoms with Crippen molar-refractivity contribution in [2.24, 2.45) is 22.7 Å². The third-order valence-corrected chi connectivity index (χ3v) is 4.66. The molecule has 4 unspecified atom stereocenters. The fraction of sp³-hybridized carbons (Fsp3) is 0.500. The average Bonchev–Trinajstić information content (AvgIpc) is 3.09. The van der Waals surface area contributed by atoms with Gasteiger partial charge >= 0.3 is 37.9 Å². The number of aromatic hydroxyl groups is 1. The van der Waals surface area contributed by atoms with Crippen LogP contribution in [0.25, 0.3) is 0 Å². The number of hydrogen-bond acceptors (Lipinski definition) is 3. The second-order valence-corrected chi connectivity index (χ2v) is 9.62. The van der Waals surface area contributed by atoms with Gasteiger partial charge in [0.2, 0.25) is 0 Å². The van der Waals surface area contributed by atoms with Crippen molar-refractivity contribution in [1.82, 2.24) is 0 Å². The summed E-state index contributed by atoms with van der Waals surface area (Å²) in [6.07, 6.45) is 4.99. The number of para-hydroxylation sites is 1. The van der Waals surface area contributed by atoms with Crippen molar-refractivity contribution < 1.29 is 26.0 Å². The number of fused-ring (bicyclic) bond motifs is 2. The molecule has 3 rings (SSSR count). The van der Waals surface area contributed by atoms with Gasteiger partial charge in [-0.05, 0) is 49.7 Å². The van der Waals surface area contributed by atoms with Gasteiger partial charge in [0.15, 0.2) is 0 Å². The molecule has 2 fully saturated rings. The number of halogens is 2. The maximum absolute atomic E-state index is 9.95.